The van der Waals surface area contributed by atoms with Gasteiger partial charge in [-0.25, -0.2) is 9.37 Å². The Bertz CT molecular complexity index is 1120. The van der Waals surface area contributed by atoms with Crippen LogP contribution in [0.25, 0.3) is 10.2 Å². The molecule has 0 atom stereocenters. The van der Waals surface area contributed by atoms with Crippen molar-refractivity contribution in [2.75, 3.05) is 4.90 Å². The molecule has 0 aliphatic heterocycles. The number of thiazole rings is 1. The lowest BCUT2D eigenvalue weighted by molar-refractivity contribution is 0.0984. The topological polar surface area (TPSA) is 46.1 Å². The average molecular weight is 442 g/mol. The number of hydrogen-bond donors (Lipinski definition) is 0. The van der Waals surface area contributed by atoms with Crippen molar-refractivity contribution >= 4 is 48.5 Å². The van der Waals surface area contributed by atoms with Crippen LogP contribution in [-0.4, -0.2) is 15.9 Å². The molecule has 0 bridgehead atoms. The number of hydrogen-bond acceptors (Lipinski definition) is 4. The first-order valence-electron chi connectivity index (χ1n) is 8.12. The van der Waals surface area contributed by atoms with Gasteiger partial charge in [-0.05, 0) is 48.0 Å². The van der Waals surface area contributed by atoms with Gasteiger partial charge in [-0.3, -0.25) is 14.7 Å². The molecule has 0 aliphatic rings. The molecule has 2 aromatic carbocycles. The van der Waals surface area contributed by atoms with E-state index in [-0.39, 0.29) is 11.5 Å². The molecule has 2 heterocycles. The molecule has 0 aliphatic carbocycles. The Labute approximate surface area is 167 Å². The molecule has 134 valence electrons. The summed E-state index contributed by atoms with van der Waals surface area (Å²) in [4.78, 5) is 23.4. The smallest absolute Gasteiger partial charge is 0.260 e. The lowest BCUT2D eigenvalue weighted by atomic mass is 10.2. The van der Waals surface area contributed by atoms with Crippen LogP contribution in [0.1, 0.15) is 15.9 Å². The molecule has 7 heteroatoms. The zero-order chi connectivity index (χ0) is 18.8. The highest BCUT2D eigenvalue weighted by atomic mass is 79.9. The second-order valence-electron chi connectivity index (χ2n) is 5.87. The predicted molar refractivity (Wildman–Crippen MR) is 108 cm³/mol. The van der Waals surface area contributed by atoms with Crippen molar-refractivity contribution in [1.29, 1.82) is 0 Å². The van der Waals surface area contributed by atoms with Crippen molar-refractivity contribution in [2.45, 2.75) is 6.54 Å². The van der Waals surface area contributed by atoms with Crippen molar-refractivity contribution in [3.8, 4) is 0 Å². The van der Waals surface area contributed by atoms with Crippen LogP contribution in [-0.2, 0) is 6.54 Å². The fraction of sp³-hybridized carbons (Fsp3) is 0.0500. The quantitative estimate of drug-likeness (QED) is 0.423. The van der Waals surface area contributed by atoms with Crippen LogP contribution in [0, 0.1) is 5.82 Å². The SMILES string of the molecule is O=C(c1cccc(F)c1)N(Cc1cccnc1)c1nc2ccc(Br)cc2s1. The molecule has 1 amide bonds. The van der Waals surface area contributed by atoms with Crippen molar-refractivity contribution in [2.24, 2.45) is 0 Å². The zero-order valence-corrected chi connectivity index (χ0v) is 16.4. The average Bonchev–Trinajstić information content (AvgIpc) is 3.09. The zero-order valence-electron chi connectivity index (χ0n) is 14.0. The van der Waals surface area contributed by atoms with Crippen molar-refractivity contribution in [3.63, 3.8) is 0 Å². The Balaban J connectivity index is 1.77. The molecule has 0 saturated carbocycles. The summed E-state index contributed by atoms with van der Waals surface area (Å²) in [6.07, 6.45) is 3.38. The number of rotatable bonds is 4. The second-order valence-corrected chi connectivity index (χ2v) is 7.80. The first-order chi connectivity index (χ1) is 13.1. The van der Waals surface area contributed by atoms with E-state index in [1.54, 1.807) is 23.4 Å². The Morgan fingerprint density at radius 3 is 2.81 bits per heavy atom. The van der Waals surface area contributed by atoms with Crippen LogP contribution in [0.2, 0.25) is 0 Å². The van der Waals surface area contributed by atoms with Gasteiger partial charge in [0.25, 0.3) is 5.91 Å². The minimum Gasteiger partial charge on any atom is -0.279 e. The van der Waals surface area contributed by atoms with Gasteiger partial charge >= 0.3 is 0 Å². The molecule has 4 rings (SSSR count). The highest BCUT2D eigenvalue weighted by Crippen LogP contribution is 2.32. The standard InChI is InChI=1S/C20H13BrFN3OS/c21-15-6-7-17-18(10-15)27-20(24-17)25(12-13-3-2-8-23-11-13)19(26)14-4-1-5-16(22)9-14/h1-11H,12H2. The van der Waals surface area contributed by atoms with Crippen LogP contribution in [0.15, 0.2) is 71.5 Å². The minimum absolute atomic E-state index is 0.277. The summed E-state index contributed by atoms with van der Waals surface area (Å²) in [6.45, 7) is 0.296. The van der Waals surface area contributed by atoms with Gasteiger partial charge in [0.2, 0.25) is 0 Å². The van der Waals surface area contributed by atoms with E-state index in [0.717, 1.165) is 20.3 Å². The van der Waals surface area contributed by atoms with E-state index in [9.17, 15) is 9.18 Å². The lowest BCUT2D eigenvalue weighted by Gasteiger charge is -2.20. The minimum atomic E-state index is -0.449. The number of halogens is 2. The number of amides is 1. The Hall–Kier alpha value is -2.64. The largest absolute Gasteiger partial charge is 0.279 e. The van der Waals surface area contributed by atoms with E-state index in [2.05, 4.69) is 25.9 Å². The third-order valence-corrected chi connectivity index (χ3v) is 5.48. The third-order valence-electron chi connectivity index (χ3n) is 3.95. The number of fused-ring (bicyclic) bond motifs is 1. The molecule has 2 aromatic heterocycles. The summed E-state index contributed by atoms with van der Waals surface area (Å²) < 4.78 is 15.5. The van der Waals surface area contributed by atoms with Gasteiger partial charge in [-0.2, -0.15) is 0 Å². The molecule has 0 radical (unpaired) electrons. The van der Waals surface area contributed by atoms with Crippen molar-refractivity contribution in [1.82, 2.24) is 9.97 Å². The second kappa shape index (κ2) is 7.54. The number of benzene rings is 2. The lowest BCUT2D eigenvalue weighted by Crippen LogP contribution is -2.30. The van der Waals surface area contributed by atoms with Crippen LogP contribution >= 0.6 is 27.3 Å². The molecular weight excluding hydrogens is 429 g/mol. The van der Waals surface area contributed by atoms with Crippen LogP contribution < -0.4 is 4.90 Å². The van der Waals surface area contributed by atoms with Crippen LogP contribution in [0.3, 0.4) is 0 Å². The fourth-order valence-electron chi connectivity index (χ4n) is 2.68. The van der Waals surface area contributed by atoms with E-state index in [1.165, 1.54) is 29.5 Å². The number of carbonyl (C=O) groups is 1. The molecule has 4 aromatic rings. The number of pyridine rings is 1. The normalized spacial score (nSPS) is 10.9. The van der Waals surface area contributed by atoms with Gasteiger partial charge < -0.3 is 0 Å². The third kappa shape index (κ3) is 3.89. The maximum Gasteiger partial charge on any atom is 0.260 e. The maximum absolute atomic E-state index is 13.6. The van der Waals surface area contributed by atoms with Gasteiger partial charge in [0, 0.05) is 22.4 Å². The Morgan fingerprint density at radius 1 is 1.15 bits per heavy atom. The van der Waals surface area contributed by atoms with E-state index in [1.807, 2.05) is 30.3 Å². The first kappa shape index (κ1) is 17.8. The molecule has 4 nitrogen and oxygen atoms in total. The molecule has 0 N–H and O–H groups in total. The molecular formula is C20H13BrFN3OS. The Morgan fingerprint density at radius 2 is 2.04 bits per heavy atom. The van der Waals surface area contributed by atoms with Gasteiger partial charge in [-0.1, -0.05) is 39.4 Å². The van der Waals surface area contributed by atoms with E-state index >= 15 is 0 Å². The summed E-state index contributed by atoms with van der Waals surface area (Å²) in [5.41, 5.74) is 1.95. The summed E-state index contributed by atoms with van der Waals surface area (Å²) in [5, 5.41) is 0.557. The monoisotopic (exact) mass is 441 g/mol. The fourth-order valence-corrected chi connectivity index (χ4v) is 4.19. The van der Waals surface area contributed by atoms with Gasteiger partial charge in [0.15, 0.2) is 5.13 Å². The molecule has 0 spiro atoms. The molecule has 0 saturated heterocycles. The highest BCUT2D eigenvalue weighted by Gasteiger charge is 2.22. The summed E-state index contributed by atoms with van der Waals surface area (Å²) in [7, 11) is 0. The Kier molecular flexibility index (Phi) is 4.96. The number of aromatic nitrogens is 2. The summed E-state index contributed by atoms with van der Waals surface area (Å²) in [5.74, 6) is -0.758. The van der Waals surface area contributed by atoms with Gasteiger partial charge in [0.05, 0.1) is 16.8 Å². The van der Waals surface area contributed by atoms with Crippen LogP contribution in [0.4, 0.5) is 9.52 Å². The number of carbonyl (C=O) groups excluding carboxylic acids is 1. The molecule has 27 heavy (non-hydrogen) atoms. The number of anilines is 1. The maximum atomic E-state index is 13.6. The summed E-state index contributed by atoms with van der Waals surface area (Å²) >= 11 is 4.87. The number of nitrogens with zero attached hydrogens (tertiary/aromatic N) is 3. The summed E-state index contributed by atoms with van der Waals surface area (Å²) in [6, 6.07) is 15.2. The predicted octanol–water partition coefficient (Wildman–Crippen LogP) is 5.44. The van der Waals surface area contributed by atoms with Gasteiger partial charge in [-0.15, -0.1) is 0 Å². The molecule has 0 fully saturated rings. The van der Waals surface area contributed by atoms with E-state index < -0.39 is 5.82 Å². The van der Waals surface area contributed by atoms with Crippen molar-refractivity contribution < 1.29 is 9.18 Å². The highest BCUT2D eigenvalue weighted by molar-refractivity contribution is 9.10. The van der Waals surface area contributed by atoms with Crippen LogP contribution in [0.5, 0.6) is 0 Å². The molecule has 0 unspecified atom stereocenters. The van der Waals surface area contributed by atoms with E-state index in [4.69, 9.17) is 0 Å². The first-order valence-corrected chi connectivity index (χ1v) is 9.73. The van der Waals surface area contributed by atoms with Crippen molar-refractivity contribution in [3.05, 3.63) is 88.4 Å². The van der Waals surface area contributed by atoms with E-state index in [0.29, 0.717) is 11.7 Å². The van der Waals surface area contributed by atoms with Gasteiger partial charge in [0.1, 0.15) is 5.82 Å².